The highest BCUT2D eigenvalue weighted by atomic mass is 32.2. The molecule has 2 aromatic rings. The van der Waals surface area contributed by atoms with E-state index in [1.54, 1.807) is 13.8 Å². The number of carboxylic acid groups (broad SMARTS) is 1. The van der Waals surface area contributed by atoms with Crippen LogP contribution in [0.15, 0.2) is 52.3 Å². The summed E-state index contributed by atoms with van der Waals surface area (Å²) >= 11 is 0. The zero-order valence-electron chi connectivity index (χ0n) is 14.3. The van der Waals surface area contributed by atoms with E-state index in [0.717, 1.165) is 6.07 Å². The Morgan fingerprint density at radius 1 is 0.963 bits per heavy atom. The molecule has 27 heavy (non-hydrogen) atoms. The van der Waals surface area contributed by atoms with Gasteiger partial charge in [0.25, 0.3) is 10.0 Å². The Labute approximate surface area is 156 Å². The second-order valence-electron chi connectivity index (χ2n) is 5.83. The molecule has 0 unspecified atom stereocenters. The number of anilines is 1. The third kappa shape index (κ3) is 5.02. The number of halogens is 1. The average molecular weight is 415 g/mol. The van der Waals surface area contributed by atoms with Gasteiger partial charge in [-0.05, 0) is 56.3 Å². The van der Waals surface area contributed by atoms with E-state index >= 15 is 0 Å². The molecule has 2 N–H and O–H groups in total. The minimum atomic E-state index is -4.23. The van der Waals surface area contributed by atoms with Gasteiger partial charge in [-0.15, -0.1) is 0 Å². The van der Waals surface area contributed by atoms with Crippen molar-refractivity contribution in [2.75, 3.05) is 4.72 Å². The van der Waals surface area contributed by atoms with Crippen LogP contribution in [0.1, 0.15) is 24.2 Å². The Kier molecular flexibility index (Phi) is 5.88. The van der Waals surface area contributed by atoms with Crippen LogP contribution in [0.5, 0.6) is 0 Å². The van der Waals surface area contributed by atoms with E-state index in [-0.39, 0.29) is 16.6 Å². The molecule has 0 heterocycles. The summed E-state index contributed by atoms with van der Waals surface area (Å²) in [6, 6.07) is 6.80. The first-order valence-electron chi connectivity index (χ1n) is 7.58. The third-order valence-corrected chi connectivity index (χ3v) is 6.33. The smallest absolute Gasteiger partial charge is 0.261 e. The first-order valence-corrected chi connectivity index (χ1v) is 10.5. The lowest BCUT2D eigenvalue weighted by Crippen LogP contribution is -2.30. The number of nitrogens with one attached hydrogen (secondary N) is 2. The first kappa shape index (κ1) is 20.8. The minimum absolute atomic E-state index is 0.0396. The lowest BCUT2D eigenvalue weighted by molar-refractivity contribution is -0.255. The fraction of sp³-hybridized carbons (Fsp3) is 0.188. The van der Waals surface area contributed by atoms with E-state index in [1.165, 1.54) is 24.3 Å². The van der Waals surface area contributed by atoms with Crippen molar-refractivity contribution in [2.24, 2.45) is 0 Å². The fourth-order valence-corrected chi connectivity index (χ4v) is 4.46. The van der Waals surface area contributed by atoms with Crippen molar-refractivity contribution in [1.29, 1.82) is 0 Å². The third-order valence-electron chi connectivity index (χ3n) is 3.28. The number of carboxylic acids is 1. The molecule has 2 rings (SSSR count). The SMILES string of the molecule is CC(C)NS(=O)(=O)c1ccc(NS(=O)(=O)c2ccc(F)c(C(=O)[O-])c2)cc1. The molecule has 0 atom stereocenters. The van der Waals surface area contributed by atoms with Crippen molar-refractivity contribution in [3.8, 4) is 0 Å². The van der Waals surface area contributed by atoms with Crippen LogP contribution in [0.2, 0.25) is 0 Å². The zero-order valence-corrected chi connectivity index (χ0v) is 15.9. The lowest BCUT2D eigenvalue weighted by atomic mass is 10.2. The van der Waals surface area contributed by atoms with Gasteiger partial charge in [-0.25, -0.2) is 25.9 Å². The highest BCUT2D eigenvalue weighted by Crippen LogP contribution is 2.20. The van der Waals surface area contributed by atoms with Crippen LogP contribution in [-0.4, -0.2) is 28.8 Å². The van der Waals surface area contributed by atoms with E-state index in [4.69, 9.17) is 0 Å². The monoisotopic (exact) mass is 415 g/mol. The van der Waals surface area contributed by atoms with Gasteiger partial charge >= 0.3 is 0 Å². The molecule has 0 aliphatic heterocycles. The van der Waals surface area contributed by atoms with Crippen LogP contribution < -0.4 is 14.6 Å². The number of benzene rings is 2. The van der Waals surface area contributed by atoms with Gasteiger partial charge in [0.05, 0.1) is 15.8 Å². The molecule has 0 fully saturated rings. The fourth-order valence-electron chi connectivity index (χ4n) is 2.12. The summed E-state index contributed by atoms with van der Waals surface area (Å²) in [6.07, 6.45) is 0. The Balaban J connectivity index is 2.29. The van der Waals surface area contributed by atoms with Gasteiger partial charge < -0.3 is 9.90 Å². The van der Waals surface area contributed by atoms with Gasteiger partial charge in [0, 0.05) is 17.3 Å². The second kappa shape index (κ2) is 7.62. The largest absolute Gasteiger partial charge is 0.545 e. The Morgan fingerprint density at radius 3 is 2.04 bits per heavy atom. The Bertz CT molecular complexity index is 1060. The molecule has 0 aliphatic carbocycles. The molecule has 0 saturated heterocycles. The van der Waals surface area contributed by atoms with Gasteiger partial charge in [0.2, 0.25) is 10.0 Å². The number of hydrogen-bond donors (Lipinski definition) is 2. The molecule has 0 amide bonds. The lowest BCUT2D eigenvalue weighted by Gasteiger charge is -2.12. The molecule has 0 radical (unpaired) electrons. The summed E-state index contributed by atoms with van der Waals surface area (Å²) in [6.45, 7) is 3.31. The molecule has 146 valence electrons. The number of carbonyl (C=O) groups excluding carboxylic acids is 1. The van der Waals surface area contributed by atoms with Crippen molar-refractivity contribution >= 4 is 31.7 Å². The standard InChI is InChI=1S/C16H17FN2O6S2/c1-10(2)18-26(22,23)12-5-3-11(4-6-12)19-27(24,25)13-7-8-15(17)14(9-13)16(20)21/h3-10,18-19H,1-2H3,(H,20,21)/p-1. The van der Waals surface area contributed by atoms with Crippen LogP contribution in [0, 0.1) is 5.82 Å². The van der Waals surface area contributed by atoms with E-state index in [1.807, 2.05) is 0 Å². The number of carbonyl (C=O) groups is 1. The summed E-state index contributed by atoms with van der Waals surface area (Å²) in [7, 11) is -7.96. The summed E-state index contributed by atoms with van der Waals surface area (Å²) in [5.41, 5.74) is -0.850. The predicted molar refractivity (Wildman–Crippen MR) is 93.4 cm³/mol. The molecule has 0 aliphatic rings. The quantitative estimate of drug-likeness (QED) is 0.683. The van der Waals surface area contributed by atoms with Crippen LogP contribution in [0.3, 0.4) is 0 Å². The number of hydrogen-bond acceptors (Lipinski definition) is 6. The molecule has 0 bridgehead atoms. The maximum Gasteiger partial charge on any atom is 0.261 e. The second-order valence-corrected chi connectivity index (χ2v) is 9.23. The number of aromatic carboxylic acids is 1. The van der Waals surface area contributed by atoms with Gasteiger partial charge in [-0.1, -0.05) is 0 Å². The number of sulfonamides is 2. The van der Waals surface area contributed by atoms with E-state index in [9.17, 15) is 31.1 Å². The molecule has 11 heteroatoms. The highest BCUT2D eigenvalue weighted by molar-refractivity contribution is 7.92. The molecular formula is C16H16FN2O6S2-. The summed E-state index contributed by atoms with van der Waals surface area (Å²) in [4.78, 5) is 10.3. The van der Waals surface area contributed by atoms with Crippen molar-refractivity contribution in [3.05, 3.63) is 53.8 Å². The van der Waals surface area contributed by atoms with Gasteiger partial charge in [-0.3, -0.25) is 4.72 Å². The van der Waals surface area contributed by atoms with Gasteiger partial charge in [0.15, 0.2) is 0 Å². The molecule has 0 saturated carbocycles. The normalized spacial score (nSPS) is 12.1. The molecule has 2 aromatic carbocycles. The number of rotatable bonds is 7. The van der Waals surface area contributed by atoms with Crippen LogP contribution in [0.25, 0.3) is 0 Å². The highest BCUT2D eigenvalue weighted by Gasteiger charge is 2.19. The summed E-state index contributed by atoms with van der Waals surface area (Å²) in [5, 5.41) is 10.8. The van der Waals surface area contributed by atoms with E-state index < -0.39 is 42.3 Å². The van der Waals surface area contributed by atoms with Crippen LogP contribution in [0.4, 0.5) is 10.1 Å². The van der Waals surface area contributed by atoms with Gasteiger partial charge in [0.1, 0.15) is 5.82 Å². The maximum atomic E-state index is 13.4. The van der Waals surface area contributed by atoms with Crippen LogP contribution in [-0.2, 0) is 20.0 Å². The topological polar surface area (TPSA) is 132 Å². The Hall–Kier alpha value is -2.50. The molecule has 0 aromatic heterocycles. The first-order chi connectivity index (χ1) is 12.4. The maximum absolute atomic E-state index is 13.4. The summed E-state index contributed by atoms with van der Waals surface area (Å²) < 4.78 is 66.7. The molecular weight excluding hydrogens is 399 g/mol. The van der Waals surface area contributed by atoms with Crippen molar-refractivity contribution in [2.45, 2.75) is 29.7 Å². The summed E-state index contributed by atoms with van der Waals surface area (Å²) in [5.74, 6) is -2.97. The average Bonchev–Trinajstić information content (AvgIpc) is 2.53. The zero-order chi connectivity index (χ0) is 20.4. The van der Waals surface area contributed by atoms with E-state index in [0.29, 0.717) is 12.1 Å². The van der Waals surface area contributed by atoms with Crippen LogP contribution >= 0.6 is 0 Å². The molecule has 0 spiro atoms. The Morgan fingerprint density at radius 2 is 1.52 bits per heavy atom. The molecule has 8 nitrogen and oxygen atoms in total. The van der Waals surface area contributed by atoms with Crippen molar-refractivity contribution in [3.63, 3.8) is 0 Å². The minimum Gasteiger partial charge on any atom is -0.545 e. The van der Waals surface area contributed by atoms with Gasteiger partial charge in [-0.2, -0.15) is 0 Å². The predicted octanol–water partition coefficient (Wildman–Crippen LogP) is 0.677. The van der Waals surface area contributed by atoms with Crippen molar-refractivity contribution < 1.29 is 31.1 Å². The van der Waals surface area contributed by atoms with E-state index in [2.05, 4.69) is 9.44 Å². The van der Waals surface area contributed by atoms with Crippen molar-refractivity contribution in [1.82, 2.24) is 4.72 Å².